The molecule has 21 heavy (non-hydrogen) atoms. The second-order valence-corrected chi connectivity index (χ2v) is 4.72. The molecule has 1 aromatic heterocycles. The first kappa shape index (κ1) is 13.2. The summed E-state index contributed by atoms with van der Waals surface area (Å²) in [5.41, 5.74) is 3.33. The third kappa shape index (κ3) is 2.45. The minimum Gasteiger partial charge on any atom is -0.408 e. The van der Waals surface area contributed by atoms with E-state index in [1.807, 2.05) is 0 Å². The quantitative estimate of drug-likeness (QED) is 0.796. The van der Waals surface area contributed by atoms with Crippen LogP contribution in [-0.4, -0.2) is 9.67 Å². The molecule has 2 aromatic carbocycles. The van der Waals surface area contributed by atoms with Crippen molar-refractivity contribution < 1.29 is 9.52 Å². The van der Waals surface area contributed by atoms with Crippen LogP contribution in [-0.2, 0) is 13.2 Å². The Morgan fingerprint density at radius 2 is 1.86 bits per heavy atom. The van der Waals surface area contributed by atoms with Gasteiger partial charge in [0.1, 0.15) is 0 Å². The van der Waals surface area contributed by atoms with Crippen molar-refractivity contribution in [1.29, 1.82) is 5.26 Å². The normalized spacial score (nSPS) is 10.7. The molecule has 0 atom stereocenters. The molecular weight excluding hydrogens is 268 g/mol. The van der Waals surface area contributed by atoms with Crippen molar-refractivity contribution in [3.05, 3.63) is 69.7 Å². The van der Waals surface area contributed by atoms with Gasteiger partial charge in [0, 0.05) is 0 Å². The van der Waals surface area contributed by atoms with Gasteiger partial charge in [0.15, 0.2) is 5.58 Å². The molecule has 0 saturated carbocycles. The van der Waals surface area contributed by atoms with Crippen molar-refractivity contribution in [3.8, 4) is 6.07 Å². The molecule has 0 radical (unpaired) electrons. The summed E-state index contributed by atoms with van der Waals surface area (Å²) in [6.07, 6.45) is 0. The lowest BCUT2D eigenvalue weighted by atomic mass is 10.1. The van der Waals surface area contributed by atoms with Gasteiger partial charge in [0.05, 0.1) is 30.3 Å². The van der Waals surface area contributed by atoms with Gasteiger partial charge in [-0.2, -0.15) is 5.26 Å². The van der Waals surface area contributed by atoms with Crippen molar-refractivity contribution in [3.63, 3.8) is 0 Å². The second kappa shape index (κ2) is 5.27. The number of hydrogen-bond donors (Lipinski definition) is 1. The van der Waals surface area contributed by atoms with Gasteiger partial charge in [0.25, 0.3) is 0 Å². The Labute approximate surface area is 120 Å². The average Bonchev–Trinajstić information content (AvgIpc) is 2.83. The van der Waals surface area contributed by atoms with E-state index in [0.29, 0.717) is 23.2 Å². The van der Waals surface area contributed by atoms with Gasteiger partial charge in [-0.3, -0.25) is 4.57 Å². The number of aliphatic hydroxyl groups excluding tert-OH is 1. The molecule has 5 nitrogen and oxygen atoms in total. The van der Waals surface area contributed by atoms with Crippen LogP contribution in [0.15, 0.2) is 51.7 Å². The van der Waals surface area contributed by atoms with Gasteiger partial charge in [-0.1, -0.05) is 18.2 Å². The third-order valence-electron chi connectivity index (χ3n) is 3.34. The predicted octanol–water partition coefficient (Wildman–Crippen LogP) is 2.01. The van der Waals surface area contributed by atoms with Gasteiger partial charge in [-0.05, 0) is 35.4 Å². The average molecular weight is 280 g/mol. The number of aliphatic hydroxyl groups is 1. The topological polar surface area (TPSA) is 79.2 Å². The summed E-state index contributed by atoms with van der Waals surface area (Å²) in [7, 11) is 0. The zero-order valence-corrected chi connectivity index (χ0v) is 11.1. The highest BCUT2D eigenvalue weighted by molar-refractivity contribution is 5.73. The van der Waals surface area contributed by atoms with E-state index in [9.17, 15) is 9.90 Å². The summed E-state index contributed by atoms with van der Waals surface area (Å²) in [6, 6.07) is 14.2. The van der Waals surface area contributed by atoms with E-state index in [4.69, 9.17) is 9.68 Å². The van der Waals surface area contributed by atoms with Crippen molar-refractivity contribution in [2.24, 2.45) is 0 Å². The molecule has 0 unspecified atom stereocenters. The lowest BCUT2D eigenvalue weighted by Crippen LogP contribution is -2.14. The summed E-state index contributed by atoms with van der Waals surface area (Å²) < 4.78 is 6.70. The van der Waals surface area contributed by atoms with Gasteiger partial charge < -0.3 is 9.52 Å². The summed E-state index contributed by atoms with van der Waals surface area (Å²) in [6.45, 7) is 0.263. The molecule has 1 heterocycles. The number of fused-ring (bicyclic) bond motifs is 1. The fourth-order valence-corrected chi connectivity index (χ4v) is 2.22. The molecule has 104 valence electrons. The van der Waals surface area contributed by atoms with Crippen molar-refractivity contribution in [1.82, 2.24) is 4.57 Å². The van der Waals surface area contributed by atoms with Crippen LogP contribution in [0.1, 0.15) is 16.7 Å². The van der Waals surface area contributed by atoms with Gasteiger partial charge >= 0.3 is 5.76 Å². The fraction of sp³-hybridized carbons (Fsp3) is 0.125. The van der Waals surface area contributed by atoms with Gasteiger partial charge in [0.2, 0.25) is 0 Å². The summed E-state index contributed by atoms with van der Waals surface area (Å²) in [5, 5.41) is 18.0. The van der Waals surface area contributed by atoms with Crippen LogP contribution < -0.4 is 5.76 Å². The van der Waals surface area contributed by atoms with Crippen molar-refractivity contribution in [2.45, 2.75) is 13.2 Å². The molecule has 0 aliphatic carbocycles. The van der Waals surface area contributed by atoms with E-state index in [1.165, 1.54) is 4.57 Å². The molecular formula is C16H12N2O3. The first-order valence-electron chi connectivity index (χ1n) is 6.43. The Hall–Kier alpha value is -2.84. The highest BCUT2D eigenvalue weighted by Crippen LogP contribution is 2.16. The van der Waals surface area contributed by atoms with Crippen molar-refractivity contribution in [2.75, 3.05) is 0 Å². The molecule has 0 amide bonds. The first-order valence-corrected chi connectivity index (χ1v) is 6.43. The zero-order chi connectivity index (χ0) is 14.8. The number of nitrogens with zero attached hydrogens (tertiary/aromatic N) is 2. The fourth-order valence-electron chi connectivity index (χ4n) is 2.22. The molecule has 5 heteroatoms. The molecule has 3 aromatic rings. The van der Waals surface area contributed by atoms with E-state index < -0.39 is 5.76 Å². The first-order chi connectivity index (χ1) is 10.2. The molecule has 0 aliphatic heterocycles. The zero-order valence-electron chi connectivity index (χ0n) is 11.1. The van der Waals surface area contributed by atoms with Crippen LogP contribution in [0.4, 0.5) is 0 Å². The maximum atomic E-state index is 11.9. The highest BCUT2D eigenvalue weighted by atomic mass is 16.4. The Morgan fingerprint density at radius 3 is 2.52 bits per heavy atom. The van der Waals surface area contributed by atoms with Crippen LogP contribution in [0.25, 0.3) is 11.1 Å². The number of rotatable bonds is 3. The van der Waals surface area contributed by atoms with Gasteiger partial charge in [-0.25, -0.2) is 4.79 Å². The Morgan fingerprint density at radius 1 is 1.14 bits per heavy atom. The predicted molar refractivity (Wildman–Crippen MR) is 76.7 cm³/mol. The van der Waals surface area contributed by atoms with Crippen LogP contribution in [0, 0.1) is 11.3 Å². The summed E-state index contributed by atoms with van der Waals surface area (Å²) >= 11 is 0. The van der Waals surface area contributed by atoms with E-state index in [-0.39, 0.29) is 6.61 Å². The number of nitriles is 1. The Bertz CT molecular complexity index is 883. The smallest absolute Gasteiger partial charge is 0.408 e. The molecule has 0 bridgehead atoms. The maximum Gasteiger partial charge on any atom is 0.420 e. The van der Waals surface area contributed by atoms with Gasteiger partial charge in [-0.15, -0.1) is 0 Å². The largest absolute Gasteiger partial charge is 0.420 e. The number of hydrogen-bond acceptors (Lipinski definition) is 4. The van der Waals surface area contributed by atoms with E-state index >= 15 is 0 Å². The minimum absolute atomic E-state index is 0.0911. The Kier molecular flexibility index (Phi) is 3.30. The number of oxazole rings is 1. The lowest BCUT2D eigenvalue weighted by Gasteiger charge is -2.03. The van der Waals surface area contributed by atoms with E-state index in [1.54, 1.807) is 42.5 Å². The molecule has 0 aliphatic rings. The van der Waals surface area contributed by atoms with Crippen LogP contribution in [0.3, 0.4) is 0 Å². The molecule has 0 saturated heterocycles. The third-order valence-corrected chi connectivity index (χ3v) is 3.34. The standard InChI is InChI=1S/C16H12N2O3/c17-8-11-1-3-12(4-2-11)9-18-14-7-13(10-19)5-6-15(14)21-16(18)20/h1-7,19H,9-10H2. The molecule has 0 spiro atoms. The molecule has 1 N–H and O–H groups in total. The Balaban J connectivity index is 2.04. The van der Waals surface area contributed by atoms with Crippen LogP contribution in [0.2, 0.25) is 0 Å². The SMILES string of the molecule is N#Cc1ccc(Cn2c(=O)oc3ccc(CO)cc32)cc1. The highest BCUT2D eigenvalue weighted by Gasteiger charge is 2.10. The minimum atomic E-state index is -0.440. The summed E-state index contributed by atoms with van der Waals surface area (Å²) in [5.74, 6) is -0.440. The monoisotopic (exact) mass is 280 g/mol. The van der Waals surface area contributed by atoms with E-state index in [2.05, 4.69) is 6.07 Å². The number of benzene rings is 2. The maximum absolute atomic E-state index is 11.9. The van der Waals surface area contributed by atoms with Crippen molar-refractivity contribution >= 4 is 11.1 Å². The summed E-state index contributed by atoms with van der Waals surface area (Å²) in [4.78, 5) is 11.9. The second-order valence-electron chi connectivity index (χ2n) is 4.72. The van der Waals surface area contributed by atoms with Crippen LogP contribution >= 0.6 is 0 Å². The van der Waals surface area contributed by atoms with Crippen LogP contribution in [0.5, 0.6) is 0 Å². The molecule has 0 fully saturated rings. The number of aromatic nitrogens is 1. The molecule has 3 rings (SSSR count). The lowest BCUT2D eigenvalue weighted by molar-refractivity contribution is 0.282. The van der Waals surface area contributed by atoms with E-state index in [0.717, 1.165) is 11.1 Å².